The Morgan fingerprint density at radius 2 is 1.87 bits per heavy atom. The van der Waals surface area contributed by atoms with Gasteiger partial charge < -0.3 is 25.7 Å². The lowest BCUT2D eigenvalue weighted by atomic mass is 10.2. The molecule has 0 spiro atoms. The number of carbonyl (C=O) groups is 1. The van der Waals surface area contributed by atoms with Crippen LogP contribution in [0, 0.1) is 0 Å². The summed E-state index contributed by atoms with van der Waals surface area (Å²) in [6.07, 6.45) is 0. The topological polar surface area (TPSA) is 141 Å². The zero-order valence-corrected chi connectivity index (χ0v) is 8.18. The number of anilines is 1. The predicted molar refractivity (Wildman–Crippen MR) is 51.2 cm³/mol. The number of nitrogen functional groups attached to an aromatic ring is 1. The molecule has 0 saturated heterocycles. The van der Waals surface area contributed by atoms with Crippen molar-refractivity contribution in [3.05, 3.63) is 17.7 Å². The van der Waals surface area contributed by atoms with E-state index in [1.54, 1.807) is 0 Å². The highest BCUT2D eigenvalue weighted by atomic mass is 31.2. The molecule has 1 rings (SSSR count). The number of nitrogens with two attached hydrogens (primary N) is 1. The quantitative estimate of drug-likeness (QED) is 0.262. The number of benzene rings is 1. The van der Waals surface area contributed by atoms with Gasteiger partial charge in [-0.05, 0) is 12.1 Å². The maximum atomic E-state index is 10.9. The summed E-state index contributed by atoms with van der Waals surface area (Å²) in [4.78, 5) is 28.2. The van der Waals surface area contributed by atoms with E-state index in [4.69, 9.17) is 25.7 Å². The van der Waals surface area contributed by atoms with E-state index in [0.717, 1.165) is 12.1 Å². The van der Waals surface area contributed by atoms with Crippen LogP contribution in [-0.4, -0.2) is 26.0 Å². The monoisotopic (exact) mass is 233 g/mol. The van der Waals surface area contributed by atoms with Crippen LogP contribution in [-0.2, 0) is 4.57 Å². The standard InChI is InChI=1S/C7H8NO6P/c8-6-4(9)1-3(7(10)11)2-5(6)15(12,13)14/h1-2,9H,8H2,(H,10,11)(H2,12,13,14). The van der Waals surface area contributed by atoms with Crippen LogP contribution in [0.15, 0.2) is 12.1 Å². The molecule has 0 aromatic heterocycles. The van der Waals surface area contributed by atoms with E-state index in [-0.39, 0.29) is 0 Å². The smallest absolute Gasteiger partial charge is 0.358 e. The van der Waals surface area contributed by atoms with Gasteiger partial charge in [-0.3, -0.25) is 4.57 Å². The summed E-state index contributed by atoms with van der Waals surface area (Å²) >= 11 is 0. The fourth-order valence-electron chi connectivity index (χ4n) is 0.987. The van der Waals surface area contributed by atoms with Crippen molar-refractivity contribution in [2.24, 2.45) is 0 Å². The third-order valence-corrected chi connectivity index (χ3v) is 2.69. The Labute approximate surface area is 83.9 Å². The molecule has 0 atom stereocenters. The number of hydrogen-bond acceptors (Lipinski definition) is 4. The summed E-state index contributed by atoms with van der Waals surface area (Å²) in [5, 5.41) is 17.1. The minimum atomic E-state index is -4.70. The molecule has 82 valence electrons. The Hall–Kier alpha value is -1.56. The average molecular weight is 233 g/mol. The molecular weight excluding hydrogens is 225 g/mol. The van der Waals surface area contributed by atoms with Gasteiger partial charge >= 0.3 is 13.6 Å². The molecule has 0 amide bonds. The van der Waals surface area contributed by atoms with Crippen molar-refractivity contribution in [2.45, 2.75) is 0 Å². The van der Waals surface area contributed by atoms with Crippen LogP contribution in [0.2, 0.25) is 0 Å². The van der Waals surface area contributed by atoms with Gasteiger partial charge in [0.25, 0.3) is 0 Å². The summed E-state index contributed by atoms with van der Waals surface area (Å²) in [6, 6.07) is 1.55. The van der Waals surface area contributed by atoms with Gasteiger partial charge in [0, 0.05) is 0 Å². The van der Waals surface area contributed by atoms with E-state index in [0.29, 0.717) is 0 Å². The second-order valence-corrected chi connectivity index (χ2v) is 4.35. The molecule has 0 saturated carbocycles. The number of hydrogen-bond donors (Lipinski definition) is 5. The van der Waals surface area contributed by atoms with Crippen molar-refractivity contribution in [1.29, 1.82) is 0 Å². The van der Waals surface area contributed by atoms with Gasteiger partial charge in [0.15, 0.2) is 0 Å². The first-order chi connectivity index (χ1) is 6.73. The molecule has 7 nitrogen and oxygen atoms in total. The molecule has 0 bridgehead atoms. The van der Waals surface area contributed by atoms with E-state index in [2.05, 4.69) is 0 Å². The molecule has 0 aliphatic rings. The van der Waals surface area contributed by atoms with Crippen molar-refractivity contribution < 1.29 is 29.4 Å². The van der Waals surface area contributed by atoms with E-state index in [1.807, 2.05) is 0 Å². The highest BCUT2D eigenvalue weighted by Crippen LogP contribution is 2.38. The molecule has 1 aromatic carbocycles. The molecular formula is C7H8NO6P. The SMILES string of the molecule is Nc1c(O)cc(C(=O)O)cc1P(=O)(O)O. The summed E-state index contributed by atoms with van der Waals surface area (Å²) in [5.74, 6) is -2.09. The van der Waals surface area contributed by atoms with Crippen molar-refractivity contribution in [3.8, 4) is 5.75 Å². The van der Waals surface area contributed by atoms with Crippen LogP contribution < -0.4 is 11.0 Å². The van der Waals surface area contributed by atoms with Crippen LogP contribution >= 0.6 is 7.60 Å². The highest BCUT2D eigenvalue weighted by molar-refractivity contribution is 7.60. The summed E-state index contributed by atoms with van der Waals surface area (Å²) in [7, 11) is -4.70. The number of aromatic hydroxyl groups is 1. The number of carboxylic acid groups (broad SMARTS) is 1. The molecule has 0 aliphatic carbocycles. The first-order valence-corrected chi connectivity index (χ1v) is 5.26. The Kier molecular flexibility index (Phi) is 2.72. The minimum absolute atomic E-state index is 0.444. The molecule has 8 heteroatoms. The number of rotatable bonds is 2. The Morgan fingerprint density at radius 1 is 1.33 bits per heavy atom. The van der Waals surface area contributed by atoms with Crippen LogP contribution in [0.5, 0.6) is 5.75 Å². The third kappa shape index (κ3) is 2.27. The van der Waals surface area contributed by atoms with Crippen LogP contribution in [0.25, 0.3) is 0 Å². The zero-order valence-electron chi connectivity index (χ0n) is 7.28. The van der Waals surface area contributed by atoms with Crippen molar-refractivity contribution in [3.63, 3.8) is 0 Å². The normalized spacial score (nSPS) is 11.3. The lowest BCUT2D eigenvalue weighted by Crippen LogP contribution is -2.13. The van der Waals surface area contributed by atoms with Gasteiger partial charge in [0.2, 0.25) is 0 Å². The number of phenols is 1. The summed E-state index contributed by atoms with van der Waals surface area (Å²) in [6.45, 7) is 0. The molecule has 0 heterocycles. The predicted octanol–water partition coefficient (Wildman–Crippen LogP) is -0.524. The van der Waals surface area contributed by atoms with Gasteiger partial charge in [-0.1, -0.05) is 0 Å². The molecule has 1 aromatic rings. The molecule has 15 heavy (non-hydrogen) atoms. The van der Waals surface area contributed by atoms with Crippen molar-refractivity contribution in [1.82, 2.24) is 0 Å². The third-order valence-electron chi connectivity index (χ3n) is 1.70. The first-order valence-electron chi connectivity index (χ1n) is 3.65. The molecule has 0 radical (unpaired) electrons. The van der Waals surface area contributed by atoms with E-state index in [1.165, 1.54) is 0 Å². The Bertz CT molecular complexity index is 465. The molecule has 0 aliphatic heterocycles. The number of carboxylic acids is 1. The second kappa shape index (κ2) is 3.54. The van der Waals surface area contributed by atoms with Gasteiger partial charge in [-0.15, -0.1) is 0 Å². The summed E-state index contributed by atoms with van der Waals surface area (Å²) < 4.78 is 10.9. The Balaban J connectivity index is 3.52. The van der Waals surface area contributed by atoms with Crippen LogP contribution in [0.4, 0.5) is 5.69 Å². The fraction of sp³-hybridized carbons (Fsp3) is 0. The van der Waals surface area contributed by atoms with Crippen molar-refractivity contribution in [2.75, 3.05) is 5.73 Å². The van der Waals surface area contributed by atoms with Gasteiger partial charge in [-0.25, -0.2) is 4.79 Å². The minimum Gasteiger partial charge on any atom is -0.506 e. The second-order valence-electron chi connectivity index (χ2n) is 2.78. The zero-order chi connectivity index (χ0) is 11.8. The molecule has 0 fully saturated rings. The van der Waals surface area contributed by atoms with Gasteiger partial charge in [0.05, 0.1) is 16.6 Å². The van der Waals surface area contributed by atoms with E-state index in [9.17, 15) is 9.36 Å². The summed E-state index contributed by atoms with van der Waals surface area (Å²) in [5.41, 5.74) is 4.24. The maximum absolute atomic E-state index is 10.9. The van der Waals surface area contributed by atoms with Crippen LogP contribution in [0.3, 0.4) is 0 Å². The van der Waals surface area contributed by atoms with Crippen LogP contribution in [0.1, 0.15) is 10.4 Å². The lowest BCUT2D eigenvalue weighted by Gasteiger charge is -2.09. The maximum Gasteiger partial charge on any atom is 0.358 e. The van der Waals surface area contributed by atoms with E-state index < -0.39 is 35.9 Å². The average Bonchev–Trinajstić information content (AvgIpc) is 2.06. The lowest BCUT2D eigenvalue weighted by molar-refractivity contribution is 0.0696. The van der Waals surface area contributed by atoms with E-state index >= 15 is 0 Å². The molecule has 0 unspecified atom stereocenters. The Morgan fingerprint density at radius 3 is 2.27 bits per heavy atom. The highest BCUT2D eigenvalue weighted by Gasteiger charge is 2.24. The first kappa shape index (κ1) is 11.5. The number of phenolic OH excluding ortho intramolecular Hbond substituents is 1. The van der Waals surface area contributed by atoms with Gasteiger partial charge in [0.1, 0.15) is 5.75 Å². The fourth-order valence-corrected chi connectivity index (χ4v) is 1.72. The van der Waals surface area contributed by atoms with Crippen molar-refractivity contribution >= 4 is 24.6 Å². The largest absolute Gasteiger partial charge is 0.506 e. The van der Waals surface area contributed by atoms with Gasteiger partial charge in [-0.2, -0.15) is 0 Å². The number of aromatic carboxylic acids is 1. The molecule has 6 N–H and O–H groups in total.